The number of ether oxygens (including phenoxy) is 1. The van der Waals surface area contributed by atoms with Crippen LogP contribution in [0.2, 0.25) is 0 Å². The molecule has 0 bridgehead atoms. The molecule has 0 aliphatic carbocycles. The highest BCUT2D eigenvalue weighted by molar-refractivity contribution is 7.87. The van der Waals surface area contributed by atoms with Crippen molar-refractivity contribution >= 4 is 21.2 Å². The number of aryl methyl sites for hydroxylation is 1. The van der Waals surface area contributed by atoms with Gasteiger partial charge in [0.15, 0.2) is 4.90 Å². The summed E-state index contributed by atoms with van der Waals surface area (Å²) in [5.41, 5.74) is 1.42. The third-order valence-electron chi connectivity index (χ3n) is 3.30. The number of nitrogens with zero attached hydrogens (tertiary/aromatic N) is 2. The average molecular weight is 336 g/mol. The van der Waals surface area contributed by atoms with Crippen molar-refractivity contribution in [2.45, 2.75) is 4.90 Å². The van der Waals surface area contributed by atoms with Crippen LogP contribution < -0.4 is 8.92 Å². The Labute approximate surface area is 132 Å². The summed E-state index contributed by atoms with van der Waals surface area (Å²) in [4.78, 5) is 3.76. The van der Waals surface area contributed by atoms with Gasteiger partial charge in [-0.15, -0.1) is 0 Å². The van der Waals surface area contributed by atoms with E-state index in [1.165, 1.54) is 25.3 Å². The van der Waals surface area contributed by atoms with Gasteiger partial charge in [-0.2, -0.15) is 8.42 Å². The summed E-state index contributed by atoms with van der Waals surface area (Å²) in [5, 5.41) is 0. The van der Waals surface area contributed by atoms with Crippen LogP contribution in [0.1, 0.15) is 0 Å². The Morgan fingerprint density at radius 1 is 1.17 bits per heavy atom. The highest BCUT2D eigenvalue weighted by atomic mass is 32.2. The number of hydrogen-bond acceptors (Lipinski definition) is 5. The molecular weight excluding hydrogens is 323 g/mol. The minimum absolute atomic E-state index is 0.00492. The lowest BCUT2D eigenvalue weighted by molar-refractivity contribution is 0.396. The summed E-state index contributed by atoms with van der Waals surface area (Å²) in [7, 11) is -1.12. The van der Waals surface area contributed by atoms with Crippen LogP contribution >= 0.6 is 0 Å². The van der Waals surface area contributed by atoms with Gasteiger partial charge in [0, 0.05) is 13.1 Å². The van der Waals surface area contributed by atoms with Crippen molar-refractivity contribution in [1.29, 1.82) is 0 Å². The van der Waals surface area contributed by atoms with Gasteiger partial charge in [-0.1, -0.05) is 0 Å². The van der Waals surface area contributed by atoms with E-state index in [2.05, 4.69) is 4.98 Å². The minimum Gasteiger partial charge on any atom is -0.495 e. The number of methoxy groups -OCH3 is 1. The van der Waals surface area contributed by atoms with Crippen LogP contribution in [0.15, 0.2) is 47.6 Å². The first-order chi connectivity index (χ1) is 10.9. The highest BCUT2D eigenvalue weighted by Gasteiger charge is 2.23. The van der Waals surface area contributed by atoms with E-state index in [9.17, 15) is 12.8 Å². The van der Waals surface area contributed by atoms with Crippen LogP contribution in [0.3, 0.4) is 0 Å². The molecule has 3 aromatic rings. The fourth-order valence-corrected chi connectivity index (χ4v) is 3.29. The maximum Gasteiger partial charge on any atom is 0.343 e. The Bertz CT molecular complexity index is 982. The molecule has 0 atom stereocenters. The lowest BCUT2D eigenvalue weighted by atomic mass is 10.3. The molecule has 3 rings (SSSR count). The largest absolute Gasteiger partial charge is 0.495 e. The van der Waals surface area contributed by atoms with E-state index in [-0.39, 0.29) is 16.4 Å². The van der Waals surface area contributed by atoms with Gasteiger partial charge in [0.1, 0.15) is 17.3 Å². The number of imidazole rings is 1. The summed E-state index contributed by atoms with van der Waals surface area (Å²) in [6.07, 6.45) is 1.61. The molecule has 0 radical (unpaired) electrons. The lowest BCUT2D eigenvalue weighted by Gasteiger charge is -2.10. The van der Waals surface area contributed by atoms with Crippen LogP contribution in [0, 0.1) is 5.82 Å². The fourth-order valence-electron chi connectivity index (χ4n) is 2.19. The van der Waals surface area contributed by atoms with Crippen LogP contribution in [-0.4, -0.2) is 25.1 Å². The van der Waals surface area contributed by atoms with Crippen LogP contribution in [0.4, 0.5) is 4.39 Å². The van der Waals surface area contributed by atoms with Gasteiger partial charge in [0.2, 0.25) is 0 Å². The summed E-state index contributed by atoms with van der Waals surface area (Å²) in [5.74, 6) is -0.610. The van der Waals surface area contributed by atoms with Crippen molar-refractivity contribution in [3.8, 4) is 11.5 Å². The molecule has 0 saturated carbocycles. The van der Waals surface area contributed by atoms with Crippen molar-refractivity contribution in [2.24, 2.45) is 7.05 Å². The molecule has 23 heavy (non-hydrogen) atoms. The van der Waals surface area contributed by atoms with Gasteiger partial charge in [-0.3, -0.25) is 0 Å². The second kappa shape index (κ2) is 5.54. The smallest absolute Gasteiger partial charge is 0.343 e. The molecule has 1 aromatic heterocycles. The normalized spacial score (nSPS) is 11.6. The van der Waals surface area contributed by atoms with Gasteiger partial charge < -0.3 is 13.5 Å². The SMILES string of the molecule is COc1ccc(F)cc1S(=O)(=O)Oc1ccc2c(c1)ncn2C. The summed E-state index contributed by atoms with van der Waals surface area (Å²) < 4.78 is 50.0. The second-order valence-corrected chi connectivity index (χ2v) is 6.35. The van der Waals surface area contributed by atoms with Crippen molar-refractivity contribution in [3.05, 3.63) is 48.5 Å². The number of aromatic nitrogens is 2. The van der Waals surface area contributed by atoms with Crippen LogP contribution in [-0.2, 0) is 17.2 Å². The summed E-state index contributed by atoms with van der Waals surface area (Å²) in [6, 6.07) is 7.89. The maximum atomic E-state index is 13.4. The van der Waals surface area contributed by atoms with Crippen molar-refractivity contribution in [2.75, 3.05) is 7.11 Å². The zero-order valence-electron chi connectivity index (χ0n) is 12.4. The maximum absolute atomic E-state index is 13.4. The Hall–Kier alpha value is -2.61. The summed E-state index contributed by atoms with van der Waals surface area (Å²) >= 11 is 0. The molecule has 0 N–H and O–H groups in total. The first-order valence-corrected chi connectivity index (χ1v) is 8.00. The topological polar surface area (TPSA) is 70.4 Å². The Balaban J connectivity index is 2.01. The lowest BCUT2D eigenvalue weighted by Crippen LogP contribution is -2.11. The molecule has 0 aliphatic rings. The van der Waals surface area contributed by atoms with Crippen molar-refractivity contribution in [1.82, 2.24) is 9.55 Å². The van der Waals surface area contributed by atoms with Crippen LogP contribution in [0.25, 0.3) is 11.0 Å². The van der Waals surface area contributed by atoms with Gasteiger partial charge in [-0.05, 0) is 30.3 Å². The predicted octanol–water partition coefficient (Wildman–Crippen LogP) is 2.49. The van der Waals surface area contributed by atoms with E-state index >= 15 is 0 Å². The Morgan fingerprint density at radius 3 is 2.70 bits per heavy atom. The molecule has 120 valence electrons. The van der Waals surface area contributed by atoms with E-state index in [1.807, 2.05) is 7.05 Å². The van der Waals surface area contributed by atoms with Gasteiger partial charge in [0.25, 0.3) is 0 Å². The van der Waals surface area contributed by atoms with E-state index in [0.717, 1.165) is 17.6 Å². The highest BCUT2D eigenvalue weighted by Crippen LogP contribution is 2.28. The third kappa shape index (κ3) is 2.85. The number of fused-ring (bicyclic) bond motifs is 1. The van der Waals surface area contributed by atoms with E-state index < -0.39 is 15.9 Å². The quantitative estimate of drug-likeness (QED) is 0.685. The number of rotatable bonds is 4. The van der Waals surface area contributed by atoms with Crippen molar-refractivity contribution < 1.29 is 21.7 Å². The standard InChI is InChI=1S/C15H13FN2O4S/c1-18-9-17-12-8-11(4-5-13(12)18)22-23(19,20)15-7-10(16)3-6-14(15)21-2/h3-9H,1-2H3. The van der Waals surface area contributed by atoms with E-state index in [0.29, 0.717) is 5.52 Å². The molecule has 6 nitrogen and oxygen atoms in total. The first-order valence-electron chi connectivity index (χ1n) is 6.60. The number of halogens is 1. The first kappa shape index (κ1) is 15.3. The average Bonchev–Trinajstić information content (AvgIpc) is 2.87. The van der Waals surface area contributed by atoms with Gasteiger partial charge >= 0.3 is 10.1 Å². The number of benzene rings is 2. The molecule has 0 aliphatic heterocycles. The molecule has 8 heteroatoms. The fraction of sp³-hybridized carbons (Fsp3) is 0.133. The second-order valence-electron chi connectivity index (χ2n) is 4.84. The Kier molecular flexibility index (Phi) is 3.69. The molecule has 2 aromatic carbocycles. The summed E-state index contributed by atoms with van der Waals surface area (Å²) in [6.45, 7) is 0. The van der Waals surface area contributed by atoms with E-state index in [1.54, 1.807) is 17.0 Å². The zero-order valence-corrected chi connectivity index (χ0v) is 13.2. The predicted molar refractivity (Wildman–Crippen MR) is 81.5 cm³/mol. The molecule has 0 unspecified atom stereocenters. The molecule has 0 spiro atoms. The molecular formula is C15H13FN2O4S. The third-order valence-corrected chi connectivity index (χ3v) is 4.57. The van der Waals surface area contributed by atoms with Crippen molar-refractivity contribution in [3.63, 3.8) is 0 Å². The van der Waals surface area contributed by atoms with Gasteiger partial charge in [-0.25, -0.2) is 9.37 Å². The Morgan fingerprint density at radius 2 is 1.96 bits per heavy atom. The number of hydrogen-bond donors (Lipinski definition) is 0. The van der Waals surface area contributed by atoms with E-state index in [4.69, 9.17) is 8.92 Å². The molecule has 0 fully saturated rings. The van der Waals surface area contributed by atoms with Gasteiger partial charge in [0.05, 0.1) is 24.5 Å². The van der Waals surface area contributed by atoms with Crippen LogP contribution in [0.5, 0.6) is 11.5 Å². The molecule has 0 amide bonds. The molecule has 1 heterocycles. The minimum atomic E-state index is -4.24. The molecule has 0 saturated heterocycles. The monoisotopic (exact) mass is 336 g/mol. The zero-order chi connectivity index (χ0) is 16.6.